The van der Waals surface area contributed by atoms with Gasteiger partial charge in [-0.3, -0.25) is 0 Å². The number of aliphatic hydroxyl groups excluding tert-OH is 1. The van der Waals surface area contributed by atoms with E-state index in [9.17, 15) is 9.90 Å². The highest BCUT2D eigenvalue weighted by Crippen LogP contribution is 2.22. The van der Waals surface area contributed by atoms with Crippen molar-refractivity contribution in [2.45, 2.75) is 19.6 Å². The zero-order valence-corrected chi connectivity index (χ0v) is 12.9. The summed E-state index contributed by atoms with van der Waals surface area (Å²) in [7, 11) is 3.23. The van der Waals surface area contributed by atoms with Crippen LogP contribution in [-0.2, 0) is 6.54 Å². The number of amides is 2. The number of rotatable bonds is 5. The Morgan fingerprint density at radius 1 is 1.58 bits per heavy atom. The van der Waals surface area contributed by atoms with E-state index in [0.717, 1.165) is 15.8 Å². The van der Waals surface area contributed by atoms with Crippen molar-refractivity contribution in [2.24, 2.45) is 0 Å². The van der Waals surface area contributed by atoms with Crippen molar-refractivity contribution in [3.05, 3.63) is 28.2 Å². The van der Waals surface area contributed by atoms with Crippen LogP contribution in [0.2, 0.25) is 0 Å². The number of nitrogens with zero attached hydrogens (tertiary/aromatic N) is 1. The molecule has 1 rings (SSSR count). The molecule has 5 nitrogen and oxygen atoms in total. The molecule has 0 saturated carbocycles. The molecule has 0 bridgehead atoms. The van der Waals surface area contributed by atoms with Gasteiger partial charge >= 0.3 is 6.03 Å². The number of nitrogens with one attached hydrogen (secondary N) is 1. The topological polar surface area (TPSA) is 61.8 Å². The Bertz CT molecular complexity index is 438. The van der Waals surface area contributed by atoms with Gasteiger partial charge in [0, 0.05) is 30.2 Å². The van der Waals surface area contributed by atoms with Gasteiger partial charge in [-0.25, -0.2) is 4.79 Å². The molecule has 0 aromatic heterocycles. The molecule has 2 N–H and O–H groups in total. The van der Waals surface area contributed by atoms with E-state index in [-0.39, 0.29) is 6.03 Å². The van der Waals surface area contributed by atoms with Gasteiger partial charge in [-0.2, -0.15) is 0 Å². The van der Waals surface area contributed by atoms with Crippen LogP contribution < -0.4 is 10.1 Å². The highest BCUT2D eigenvalue weighted by Gasteiger charge is 2.11. The minimum atomic E-state index is -0.545. The lowest BCUT2D eigenvalue weighted by atomic mass is 10.2. The van der Waals surface area contributed by atoms with Gasteiger partial charge in [0.25, 0.3) is 0 Å². The molecule has 2 amide bonds. The molecule has 0 fully saturated rings. The van der Waals surface area contributed by atoms with E-state index in [4.69, 9.17) is 4.74 Å². The maximum atomic E-state index is 11.8. The summed E-state index contributed by atoms with van der Waals surface area (Å²) in [6, 6.07) is 5.38. The van der Waals surface area contributed by atoms with Crippen molar-refractivity contribution in [2.75, 3.05) is 20.7 Å². The molecule has 0 aliphatic rings. The number of carbonyl (C=O) groups excluding carboxylic acids is 1. The molecule has 1 aromatic carbocycles. The van der Waals surface area contributed by atoms with E-state index in [2.05, 4.69) is 21.2 Å². The summed E-state index contributed by atoms with van der Waals surface area (Å²) < 4.78 is 6.16. The minimum Gasteiger partial charge on any atom is -0.496 e. The maximum absolute atomic E-state index is 11.8. The number of benzene rings is 1. The average molecular weight is 331 g/mol. The summed E-state index contributed by atoms with van der Waals surface area (Å²) in [5, 5.41) is 12.0. The quantitative estimate of drug-likeness (QED) is 0.867. The predicted molar refractivity (Wildman–Crippen MR) is 77.2 cm³/mol. The summed E-state index contributed by atoms with van der Waals surface area (Å²) in [6.45, 7) is 2.30. The van der Waals surface area contributed by atoms with Gasteiger partial charge in [-0.05, 0) is 25.1 Å². The standard InChI is InChI=1S/C13H19BrN2O3/c1-9(17)8-16(2)13(18)15-7-10-6-11(14)4-5-12(10)19-3/h4-6,9,17H,7-8H2,1-3H3,(H,15,18). The predicted octanol–water partition coefficient (Wildman–Crippen LogP) is 1.98. The molecule has 1 unspecified atom stereocenters. The second-order valence-electron chi connectivity index (χ2n) is 4.34. The number of hydrogen-bond acceptors (Lipinski definition) is 3. The normalized spacial score (nSPS) is 11.8. The van der Waals surface area contributed by atoms with Crippen LogP contribution in [0.5, 0.6) is 5.75 Å². The van der Waals surface area contributed by atoms with E-state index in [1.165, 1.54) is 4.90 Å². The van der Waals surface area contributed by atoms with Gasteiger partial charge < -0.3 is 20.1 Å². The number of ether oxygens (including phenoxy) is 1. The first-order chi connectivity index (χ1) is 8.93. The Hall–Kier alpha value is -1.27. The van der Waals surface area contributed by atoms with Gasteiger partial charge in [-0.1, -0.05) is 15.9 Å². The van der Waals surface area contributed by atoms with Crippen LogP contribution in [0.25, 0.3) is 0 Å². The van der Waals surface area contributed by atoms with E-state index in [1.54, 1.807) is 21.1 Å². The fraction of sp³-hybridized carbons (Fsp3) is 0.462. The van der Waals surface area contributed by atoms with Crippen molar-refractivity contribution < 1.29 is 14.6 Å². The Balaban J connectivity index is 2.61. The van der Waals surface area contributed by atoms with Gasteiger partial charge in [0.15, 0.2) is 0 Å². The second-order valence-corrected chi connectivity index (χ2v) is 5.26. The first kappa shape index (κ1) is 15.8. The molecular formula is C13H19BrN2O3. The molecule has 1 atom stereocenters. The number of hydrogen-bond donors (Lipinski definition) is 2. The Labute approximate surface area is 121 Å². The largest absolute Gasteiger partial charge is 0.496 e. The fourth-order valence-electron chi connectivity index (χ4n) is 1.67. The van der Waals surface area contributed by atoms with Crippen molar-refractivity contribution in [3.8, 4) is 5.75 Å². The second kappa shape index (κ2) is 7.35. The summed E-state index contributed by atoms with van der Waals surface area (Å²) in [6.07, 6.45) is -0.545. The third-order valence-electron chi connectivity index (χ3n) is 2.56. The smallest absolute Gasteiger partial charge is 0.317 e. The van der Waals surface area contributed by atoms with Crippen LogP contribution in [0.15, 0.2) is 22.7 Å². The fourth-order valence-corrected chi connectivity index (χ4v) is 2.08. The number of halogens is 1. The molecule has 0 radical (unpaired) electrons. The number of methoxy groups -OCH3 is 1. The molecule has 0 heterocycles. The summed E-state index contributed by atoms with van der Waals surface area (Å²) >= 11 is 3.38. The molecule has 106 valence electrons. The third-order valence-corrected chi connectivity index (χ3v) is 3.05. The monoisotopic (exact) mass is 330 g/mol. The maximum Gasteiger partial charge on any atom is 0.317 e. The van der Waals surface area contributed by atoms with Crippen molar-refractivity contribution in [1.29, 1.82) is 0 Å². The van der Waals surface area contributed by atoms with Crippen LogP contribution in [-0.4, -0.2) is 42.8 Å². The van der Waals surface area contributed by atoms with Crippen molar-refractivity contribution in [1.82, 2.24) is 10.2 Å². The van der Waals surface area contributed by atoms with Crippen LogP contribution in [0, 0.1) is 0 Å². The molecule has 6 heteroatoms. The Morgan fingerprint density at radius 2 is 2.26 bits per heavy atom. The van der Waals surface area contributed by atoms with Gasteiger partial charge in [0.2, 0.25) is 0 Å². The zero-order valence-electron chi connectivity index (χ0n) is 11.3. The summed E-state index contributed by atoms with van der Waals surface area (Å²) in [4.78, 5) is 13.2. The number of carbonyl (C=O) groups is 1. The minimum absolute atomic E-state index is 0.233. The van der Waals surface area contributed by atoms with Gasteiger partial charge in [0.1, 0.15) is 5.75 Å². The van der Waals surface area contributed by atoms with Crippen LogP contribution in [0.3, 0.4) is 0 Å². The van der Waals surface area contributed by atoms with E-state index < -0.39 is 6.10 Å². The van der Waals surface area contributed by atoms with Crippen LogP contribution in [0.1, 0.15) is 12.5 Å². The lowest BCUT2D eigenvalue weighted by molar-refractivity contribution is 0.143. The molecule has 0 spiro atoms. The number of likely N-dealkylation sites (N-methyl/N-ethyl adjacent to an activating group) is 1. The number of urea groups is 1. The van der Waals surface area contributed by atoms with E-state index in [0.29, 0.717) is 13.1 Å². The first-order valence-corrected chi connectivity index (χ1v) is 6.72. The molecule has 0 saturated heterocycles. The van der Waals surface area contributed by atoms with Crippen molar-refractivity contribution in [3.63, 3.8) is 0 Å². The van der Waals surface area contributed by atoms with Gasteiger partial charge in [-0.15, -0.1) is 0 Å². The SMILES string of the molecule is COc1ccc(Br)cc1CNC(=O)N(C)CC(C)O. The van der Waals surface area contributed by atoms with Crippen LogP contribution in [0.4, 0.5) is 4.79 Å². The third kappa shape index (κ3) is 5.08. The molecular weight excluding hydrogens is 312 g/mol. The first-order valence-electron chi connectivity index (χ1n) is 5.93. The lowest BCUT2D eigenvalue weighted by Crippen LogP contribution is -2.40. The number of aliphatic hydroxyl groups is 1. The van der Waals surface area contributed by atoms with E-state index >= 15 is 0 Å². The lowest BCUT2D eigenvalue weighted by Gasteiger charge is -2.19. The average Bonchev–Trinajstić information content (AvgIpc) is 2.35. The van der Waals surface area contributed by atoms with Gasteiger partial charge in [0.05, 0.1) is 13.2 Å². The highest BCUT2D eigenvalue weighted by atomic mass is 79.9. The van der Waals surface area contributed by atoms with Crippen LogP contribution >= 0.6 is 15.9 Å². The highest BCUT2D eigenvalue weighted by molar-refractivity contribution is 9.10. The Morgan fingerprint density at radius 3 is 2.84 bits per heavy atom. The molecule has 1 aromatic rings. The van der Waals surface area contributed by atoms with E-state index in [1.807, 2.05) is 18.2 Å². The zero-order chi connectivity index (χ0) is 14.4. The Kier molecular flexibility index (Phi) is 6.11. The molecule has 0 aliphatic carbocycles. The molecule has 19 heavy (non-hydrogen) atoms. The molecule has 0 aliphatic heterocycles. The summed E-state index contributed by atoms with van der Waals surface area (Å²) in [5.74, 6) is 0.724. The van der Waals surface area contributed by atoms with Crippen molar-refractivity contribution >= 4 is 22.0 Å². The summed E-state index contributed by atoms with van der Waals surface area (Å²) in [5.41, 5.74) is 0.885.